The molecular weight excluding hydrogens is 432 g/mol. The van der Waals surface area contributed by atoms with E-state index in [0.717, 1.165) is 17.7 Å². The summed E-state index contributed by atoms with van der Waals surface area (Å²) in [5.41, 5.74) is 3.65. The van der Waals surface area contributed by atoms with Gasteiger partial charge in [0, 0.05) is 36.0 Å². The molecule has 172 valence electrons. The second-order valence-corrected chi connectivity index (χ2v) is 7.97. The van der Waals surface area contributed by atoms with Gasteiger partial charge in [0.15, 0.2) is 0 Å². The monoisotopic (exact) mass is 456 g/mol. The number of nitrogens with zero attached hydrogens (tertiary/aromatic N) is 2. The maximum Gasteiger partial charge on any atom is 0.282 e. The summed E-state index contributed by atoms with van der Waals surface area (Å²) in [5.74, 6) is 0.651. The van der Waals surface area contributed by atoms with Crippen LogP contribution in [-0.2, 0) is 16.0 Å². The Hall–Kier alpha value is -4.26. The minimum absolute atomic E-state index is 0.306. The van der Waals surface area contributed by atoms with Gasteiger partial charge in [-0.15, -0.1) is 0 Å². The Morgan fingerprint density at radius 3 is 2.15 bits per heavy atom. The van der Waals surface area contributed by atoms with Crippen LogP contribution >= 0.6 is 0 Å². The van der Waals surface area contributed by atoms with Gasteiger partial charge in [0.1, 0.15) is 22.9 Å². The van der Waals surface area contributed by atoms with Crippen LogP contribution in [0.4, 0.5) is 11.4 Å². The summed E-state index contributed by atoms with van der Waals surface area (Å²) in [6, 6.07) is 20.2. The van der Waals surface area contributed by atoms with E-state index in [0.29, 0.717) is 46.3 Å². The van der Waals surface area contributed by atoms with Crippen molar-refractivity contribution in [2.45, 2.75) is 6.42 Å². The van der Waals surface area contributed by atoms with Crippen LogP contribution in [0, 0.1) is 0 Å². The van der Waals surface area contributed by atoms with Crippen molar-refractivity contribution in [2.75, 3.05) is 37.7 Å². The molecule has 2 heterocycles. The van der Waals surface area contributed by atoms with Crippen LogP contribution in [0.1, 0.15) is 11.1 Å². The lowest BCUT2D eigenvalue weighted by atomic mass is 10.0. The predicted octanol–water partition coefficient (Wildman–Crippen LogP) is 4.06. The maximum atomic E-state index is 14.0. The molecule has 0 radical (unpaired) electrons. The van der Waals surface area contributed by atoms with Gasteiger partial charge in [0.05, 0.1) is 32.6 Å². The van der Waals surface area contributed by atoms with E-state index in [4.69, 9.17) is 14.2 Å². The summed E-state index contributed by atoms with van der Waals surface area (Å²) in [5, 5.41) is 0. The molecule has 5 rings (SSSR count). The number of hydrogen-bond donors (Lipinski definition) is 0. The first kappa shape index (κ1) is 21.6. The molecule has 0 unspecified atom stereocenters. The van der Waals surface area contributed by atoms with Crippen molar-refractivity contribution >= 4 is 28.8 Å². The van der Waals surface area contributed by atoms with E-state index in [-0.39, 0.29) is 0 Å². The Kier molecular flexibility index (Phi) is 5.45. The number of fused-ring (bicyclic) bond motifs is 1. The summed E-state index contributed by atoms with van der Waals surface area (Å²) in [7, 11) is 4.60. The third kappa shape index (κ3) is 3.37. The Balaban J connectivity index is 1.71. The van der Waals surface area contributed by atoms with Gasteiger partial charge >= 0.3 is 0 Å². The fourth-order valence-electron chi connectivity index (χ4n) is 4.59. The molecule has 7 heteroatoms. The molecule has 0 aliphatic carbocycles. The van der Waals surface area contributed by atoms with E-state index < -0.39 is 11.8 Å². The number of ether oxygens (including phenoxy) is 3. The highest BCUT2D eigenvalue weighted by molar-refractivity contribution is 6.46. The van der Waals surface area contributed by atoms with Crippen molar-refractivity contribution in [1.82, 2.24) is 0 Å². The molecule has 3 aromatic rings. The van der Waals surface area contributed by atoms with E-state index >= 15 is 0 Å². The number of methoxy groups -OCH3 is 3. The quantitative estimate of drug-likeness (QED) is 0.521. The first-order chi connectivity index (χ1) is 16.6. The summed E-state index contributed by atoms with van der Waals surface area (Å²) in [6.45, 7) is 0.599. The average molecular weight is 456 g/mol. The number of para-hydroxylation sites is 2. The summed E-state index contributed by atoms with van der Waals surface area (Å²) < 4.78 is 16.3. The van der Waals surface area contributed by atoms with Gasteiger partial charge in [-0.3, -0.25) is 9.59 Å². The molecule has 2 aliphatic rings. The summed E-state index contributed by atoms with van der Waals surface area (Å²) in [6.07, 6.45) is 0.785. The fourth-order valence-corrected chi connectivity index (χ4v) is 4.59. The molecule has 0 N–H and O–H groups in total. The second kappa shape index (κ2) is 8.59. The minimum Gasteiger partial charge on any atom is -0.497 e. The number of carbonyl (C=O) groups excluding carboxylic acids is 2. The summed E-state index contributed by atoms with van der Waals surface area (Å²) >= 11 is 0. The van der Waals surface area contributed by atoms with Gasteiger partial charge in [0.2, 0.25) is 0 Å². The topological polar surface area (TPSA) is 68.3 Å². The zero-order chi connectivity index (χ0) is 23.8. The first-order valence-electron chi connectivity index (χ1n) is 10.9. The number of imide groups is 1. The number of anilines is 2. The molecule has 0 saturated heterocycles. The van der Waals surface area contributed by atoms with Crippen molar-refractivity contribution in [3.05, 3.63) is 83.6 Å². The van der Waals surface area contributed by atoms with Gasteiger partial charge in [0.25, 0.3) is 11.8 Å². The maximum absolute atomic E-state index is 14.0. The normalized spacial score (nSPS) is 15.1. The molecule has 0 saturated carbocycles. The molecule has 3 aromatic carbocycles. The van der Waals surface area contributed by atoms with Crippen LogP contribution in [0.25, 0.3) is 5.57 Å². The van der Waals surface area contributed by atoms with Gasteiger partial charge in [-0.2, -0.15) is 0 Å². The highest BCUT2D eigenvalue weighted by Gasteiger charge is 2.45. The molecule has 2 aliphatic heterocycles. The zero-order valence-corrected chi connectivity index (χ0v) is 19.2. The van der Waals surface area contributed by atoms with Crippen LogP contribution in [0.2, 0.25) is 0 Å². The predicted molar refractivity (Wildman–Crippen MR) is 129 cm³/mol. The van der Waals surface area contributed by atoms with Crippen LogP contribution in [0.15, 0.2) is 72.4 Å². The second-order valence-electron chi connectivity index (χ2n) is 7.97. The molecule has 0 bridgehead atoms. The average Bonchev–Trinajstić information content (AvgIpc) is 3.41. The van der Waals surface area contributed by atoms with E-state index in [2.05, 4.69) is 0 Å². The van der Waals surface area contributed by atoms with Crippen molar-refractivity contribution < 1.29 is 23.8 Å². The number of benzene rings is 3. The van der Waals surface area contributed by atoms with Crippen molar-refractivity contribution in [3.63, 3.8) is 0 Å². The Morgan fingerprint density at radius 2 is 1.44 bits per heavy atom. The Labute approximate surface area is 197 Å². The summed E-state index contributed by atoms with van der Waals surface area (Å²) in [4.78, 5) is 31.0. The van der Waals surface area contributed by atoms with Gasteiger partial charge in [-0.25, -0.2) is 4.90 Å². The zero-order valence-electron chi connectivity index (χ0n) is 19.2. The highest BCUT2D eigenvalue weighted by Crippen LogP contribution is 2.43. The lowest BCUT2D eigenvalue weighted by Gasteiger charge is -2.22. The molecular formula is C27H24N2O5. The van der Waals surface area contributed by atoms with Crippen LogP contribution in [0.5, 0.6) is 17.2 Å². The van der Waals surface area contributed by atoms with E-state index in [1.54, 1.807) is 37.4 Å². The molecule has 7 nitrogen and oxygen atoms in total. The fraction of sp³-hybridized carbons (Fsp3) is 0.185. The molecule has 0 atom stereocenters. The van der Waals surface area contributed by atoms with Crippen LogP contribution < -0.4 is 24.0 Å². The van der Waals surface area contributed by atoms with Crippen molar-refractivity contribution in [3.8, 4) is 17.2 Å². The van der Waals surface area contributed by atoms with E-state index in [1.165, 1.54) is 19.1 Å². The van der Waals surface area contributed by atoms with Crippen molar-refractivity contribution in [1.29, 1.82) is 0 Å². The minimum atomic E-state index is -0.427. The first-order valence-corrected chi connectivity index (χ1v) is 10.9. The van der Waals surface area contributed by atoms with Crippen LogP contribution in [0.3, 0.4) is 0 Å². The number of rotatable bonds is 6. The third-order valence-electron chi connectivity index (χ3n) is 6.19. The van der Waals surface area contributed by atoms with Gasteiger partial charge in [-0.05, 0) is 24.1 Å². The lowest BCUT2D eigenvalue weighted by molar-refractivity contribution is -0.120. The number of carbonyl (C=O) groups is 2. The smallest absolute Gasteiger partial charge is 0.282 e. The van der Waals surface area contributed by atoms with E-state index in [9.17, 15) is 9.59 Å². The number of hydrogen-bond acceptors (Lipinski definition) is 6. The molecule has 0 aromatic heterocycles. The van der Waals surface area contributed by atoms with Crippen LogP contribution in [-0.4, -0.2) is 39.7 Å². The largest absolute Gasteiger partial charge is 0.497 e. The van der Waals surface area contributed by atoms with Gasteiger partial charge < -0.3 is 19.1 Å². The molecule has 0 fully saturated rings. The Morgan fingerprint density at radius 1 is 0.765 bits per heavy atom. The lowest BCUT2D eigenvalue weighted by Crippen LogP contribution is -2.34. The number of amides is 2. The highest BCUT2D eigenvalue weighted by atomic mass is 16.5. The SMILES string of the molecule is COc1cc(OC)cc(N2C(=O)C(c3ccccc3OC)=C(N3CCc4ccccc43)C2=O)c1. The Bertz CT molecular complexity index is 1310. The van der Waals surface area contributed by atoms with E-state index in [1.807, 2.05) is 41.3 Å². The molecule has 0 spiro atoms. The third-order valence-corrected chi connectivity index (χ3v) is 6.19. The van der Waals surface area contributed by atoms with Crippen molar-refractivity contribution in [2.24, 2.45) is 0 Å². The molecule has 2 amide bonds. The standard InChI is InChI=1S/C27H24N2O5/c1-32-19-14-18(15-20(16-19)33-2)29-26(30)24(21-9-5-7-11-23(21)34-3)25(27(29)31)28-13-12-17-8-4-6-10-22(17)28/h4-11,14-16H,12-13H2,1-3H3. The molecule has 34 heavy (non-hydrogen) atoms. The van der Waals surface area contributed by atoms with Gasteiger partial charge in [-0.1, -0.05) is 36.4 Å².